The summed E-state index contributed by atoms with van der Waals surface area (Å²) in [6.45, 7) is 7.27. The van der Waals surface area contributed by atoms with Crippen molar-refractivity contribution in [1.82, 2.24) is 0 Å². The van der Waals surface area contributed by atoms with E-state index in [1.165, 1.54) is 40.8 Å². The van der Waals surface area contributed by atoms with Gasteiger partial charge in [-0.05, 0) is 40.9 Å². The monoisotopic (exact) mass is 263 g/mol. The van der Waals surface area contributed by atoms with Gasteiger partial charge in [-0.25, -0.2) is 0 Å². The molecular weight excluding hydrogens is 242 g/mol. The van der Waals surface area contributed by atoms with Crippen LogP contribution in [0.15, 0.2) is 55.2 Å². The maximum absolute atomic E-state index is 3.99. The summed E-state index contributed by atoms with van der Waals surface area (Å²) in [5.74, 6) is 0. The molecule has 0 saturated carbocycles. The Hall–Kier alpha value is -2.02. The van der Waals surface area contributed by atoms with Crippen LogP contribution in [0.1, 0.15) is 30.9 Å². The molecule has 0 atom stereocenters. The van der Waals surface area contributed by atoms with Crippen LogP contribution in [0.4, 0.5) is 5.69 Å². The second-order valence-corrected chi connectivity index (χ2v) is 5.37. The molecule has 20 heavy (non-hydrogen) atoms. The van der Waals surface area contributed by atoms with Gasteiger partial charge >= 0.3 is 0 Å². The molecule has 1 heteroatoms. The first-order valence-corrected chi connectivity index (χ1v) is 7.44. The van der Waals surface area contributed by atoms with Crippen molar-refractivity contribution in [2.75, 3.05) is 11.4 Å². The quantitative estimate of drug-likeness (QED) is 0.625. The van der Waals surface area contributed by atoms with Crippen molar-refractivity contribution in [1.29, 1.82) is 0 Å². The highest BCUT2D eigenvalue weighted by atomic mass is 15.1. The molecule has 0 amide bonds. The van der Waals surface area contributed by atoms with Crippen LogP contribution < -0.4 is 4.90 Å². The van der Waals surface area contributed by atoms with Gasteiger partial charge in [-0.1, -0.05) is 56.3 Å². The van der Waals surface area contributed by atoms with Crippen molar-refractivity contribution in [2.24, 2.45) is 0 Å². The smallest absolute Gasteiger partial charge is 0.0448 e. The lowest BCUT2D eigenvalue weighted by Gasteiger charge is -2.23. The fourth-order valence-corrected chi connectivity index (χ4v) is 3.05. The highest BCUT2D eigenvalue weighted by molar-refractivity contribution is 5.82. The molecule has 1 aliphatic rings. The molecule has 3 rings (SSSR count). The largest absolute Gasteiger partial charge is 0.348 e. The molecule has 0 saturated heterocycles. The number of hydrogen-bond donors (Lipinski definition) is 0. The molecule has 0 heterocycles. The Balaban J connectivity index is 2.02. The fourth-order valence-electron chi connectivity index (χ4n) is 3.05. The summed E-state index contributed by atoms with van der Waals surface area (Å²) >= 11 is 0. The predicted octanol–water partition coefficient (Wildman–Crippen LogP) is 5.01. The maximum Gasteiger partial charge on any atom is 0.0448 e. The second-order valence-electron chi connectivity index (χ2n) is 5.37. The summed E-state index contributed by atoms with van der Waals surface area (Å²) in [7, 11) is 0. The predicted molar refractivity (Wildman–Crippen MR) is 87.1 cm³/mol. The summed E-state index contributed by atoms with van der Waals surface area (Å²) in [6, 6.07) is 15.4. The molecule has 2 aromatic rings. The van der Waals surface area contributed by atoms with Gasteiger partial charge in [0.05, 0.1) is 0 Å². The van der Waals surface area contributed by atoms with Crippen molar-refractivity contribution < 1.29 is 0 Å². The van der Waals surface area contributed by atoms with Crippen molar-refractivity contribution >= 4 is 5.69 Å². The van der Waals surface area contributed by atoms with E-state index in [4.69, 9.17) is 0 Å². The highest BCUT2D eigenvalue weighted by Gasteiger charge is 2.21. The SMILES string of the molecule is C=CN(CCCC)c1cccc2c1Cc1ccccc1-2. The second kappa shape index (κ2) is 5.54. The molecule has 0 radical (unpaired) electrons. The van der Waals surface area contributed by atoms with Crippen LogP contribution in [0.25, 0.3) is 11.1 Å². The van der Waals surface area contributed by atoms with Gasteiger partial charge in [0.2, 0.25) is 0 Å². The first-order chi connectivity index (χ1) is 9.85. The molecule has 1 nitrogen and oxygen atoms in total. The lowest BCUT2D eigenvalue weighted by atomic mass is 10.0. The molecule has 0 unspecified atom stereocenters. The zero-order chi connectivity index (χ0) is 13.9. The first kappa shape index (κ1) is 13.0. The molecule has 1 aliphatic carbocycles. The van der Waals surface area contributed by atoms with Gasteiger partial charge in [-0.2, -0.15) is 0 Å². The number of anilines is 1. The summed E-state index contributed by atoms with van der Waals surface area (Å²) < 4.78 is 0. The molecule has 0 aromatic heterocycles. The molecule has 0 aliphatic heterocycles. The van der Waals surface area contributed by atoms with Crippen LogP contribution in [0.2, 0.25) is 0 Å². The van der Waals surface area contributed by atoms with Crippen LogP contribution in [0.5, 0.6) is 0 Å². The molecule has 0 N–H and O–H groups in total. The Morgan fingerprint density at radius 1 is 1.10 bits per heavy atom. The van der Waals surface area contributed by atoms with E-state index in [1.54, 1.807) is 0 Å². The average molecular weight is 263 g/mol. The van der Waals surface area contributed by atoms with E-state index < -0.39 is 0 Å². The number of unbranched alkanes of at least 4 members (excludes halogenated alkanes) is 1. The van der Waals surface area contributed by atoms with Gasteiger partial charge in [0.1, 0.15) is 0 Å². The Morgan fingerprint density at radius 3 is 2.70 bits per heavy atom. The zero-order valence-electron chi connectivity index (χ0n) is 12.1. The fraction of sp³-hybridized carbons (Fsp3) is 0.263. The number of benzene rings is 2. The van der Waals surface area contributed by atoms with Crippen LogP contribution in [0, 0.1) is 0 Å². The maximum atomic E-state index is 3.99. The number of rotatable bonds is 5. The van der Waals surface area contributed by atoms with Crippen molar-refractivity contribution in [3.63, 3.8) is 0 Å². The average Bonchev–Trinajstić information content (AvgIpc) is 2.87. The van der Waals surface area contributed by atoms with Gasteiger partial charge in [-0.3, -0.25) is 0 Å². The summed E-state index contributed by atoms with van der Waals surface area (Å²) in [5, 5.41) is 0. The number of hydrogen-bond acceptors (Lipinski definition) is 1. The molecule has 0 fully saturated rings. The van der Waals surface area contributed by atoms with Gasteiger partial charge in [0.15, 0.2) is 0 Å². The third kappa shape index (κ3) is 2.14. The van der Waals surface area contributed by atoms with Crippen molar-refractivity contribution in [3.05, 3.63) is 66.4 Å². The van der Waals surface area contributed by atoms with Gasteiger partial charge in [0.25, 0.3) is 0 Å². The Kier molecular flexibility index (Phi) is 3.60. The summed E-state index contributed by atoms with van der Waals surface area (Å²) in [4.78, 5) is 2.30. The van der Waals surface area contributed by atoms with E-state index in [0.717, 1.165) is 13.0 Å². The van der Waals surface area contributed by atoms with Crippen molar-refractivity contribution in [3.8, 4) is 11.1 Å². The van der Waals surface area contributed by atoms with Gasteiger partial charge in [0, 0.05) is 18.7 Å². The lowest BCUT2D eigenvalue weighted by Crippen LogP contribution is -2.18. The van der Waals surface area contributed by atoms with Crippen molar-refractivity contribution in [2.45, 2.75) is 26.2 Å². The van der Waals surface area contributed by atoms with Gasteiger partial charge < -0.3 is 4.90 Å². The van der Waals surface area contributed by atoms with E-state index in [1.807, 2.05) is 6.20 Å². The highest BCUT2D eigenvalue weighted by Crippen LogP contribution is 2.41. The first-order valence-electron chi connectivity index (χ1n) is 7.44. The van der Waals surface area contributed by atoms with Crippen LogP contribution in [-0.2, 0) is 6.42 Å². The minimum atomic E-state index is 1.04. The van der Waals surface area contributed by atoms with E-state index in [2.05, 4.69) is 60.9 Å². The minimum absolute atomic E-state index is 1.04. The molecule has 2 aromatic carbocycles. The summed E-state index contributed by atoms with van der Waals surface area (Å²) in [5.41, 5.74) is 6.99. The number of nitrogens with zero attached hydrogens (tertiary/aromatic N) is 1. The molecular formula is C19H21N. The van der Waals surface area contributed by atoms with E-state index in [9.17, 15) is 0 Å². The van der Waals surface area contributed by atoms with Crippen LogP contribution in [0.3, 0.4) is 0 Å². The standard InChI is InChI=1S/C19H21N/c1-3-5-13-20(4-2)19-12-8-11-17-16-10-7-6-9-15(16)14-18(17)19/h4,6-12H,2-3,5,13-14H2,1H3. The summed E-state index contributed by atoms with van der Waals surface area (Å²) in [6.07, 6.45) is 5.41. The van der Waals surface area contributed by atoms with Crippen LogP contribution in [-0.4, -0.2) is 6.54 Å². The minimum Gasteiger partial charge on any atom is -0.348 e. The number of fused-ring (bicyclic) bond motifs is 3. The third-order valence-electron chi connectivity index (χ3n) is 4.11. The van der Waals surface area contributed by atoms with Crippen LogP contribution >= 0.6 is 0 Å². The Morgan fingerprint density at radius 2 is 1.90 bits per heavy atom. The van der Waals surface area contributed by atoms with E-state index >= 15 is 0 Å². The topological polar surface area (TPSA) is 3.24 Å². The Labute approximate surface area is 121 Å². The molecule has 102 valence electrons. The Bertz CT molecular complexity index is 627. The molecule has 0 bridgehead atoms. The third-order valence-corrected chi connectivity index (χ3v) is 4.11. The van der Waals surface area contributed by atoms with Gasteiger partial charge in [-0.15, -0.1) is 0 Å². The molecule has 0 spiro atoms. The normalized spacial score (nSPS) is 11.8. The van der Waals surface area contributed by atoms with E-state index in [0.29, 0.717) is 0 Å². The zero-order valence-corrected chi connectivity index (χ0v) is 12.1. The van der Waals surface area contributed by atoms with E-state index in [-0.39, 0.29) is 0 Å². The lowest BCUT2D eigenvalue weighted by molar-refractivity contribution is 0.781.